The first kappa shape index (κ1) is 29.5. The standard InChI is InChI=1S/C27H35FN4O7S/c1-17(2)37-27(34)31-12-9-20(10-13-31)38-25-18(3)26(30-16-29-25)39-22-8-7-19(14-21(22)28)15-23(33)32-11-5-6-24(32)40(4,35)36/h7-8,14,16-17,20,24H,5-6,9-13,15H2,1-4H3. The number of aromatic nitrogens is 2. The van der Waals surface area contributed by atoms with Crippen LogP contribution in [0.25, 0.3) is 0 Å². The van der Waals surface area contributed by atoms with Crippen LogP contribution in [0.2, 0.25) is 0 Å². The third-order valence-electron chi connectivity index (χ3n) is 6.88. The van der Waals surface area contributed by atoms with Crippen molar-refractivity contribution >= 4 is 21.8 Å². The molecule has 4 rings (SSSR count). The Kier molecular flexibility index (Phi) is 9.12. The SMILES string of the molecule is Cc1c(Oc2ccc(CC(=O)N3CCCC3S(C)(=O)=O)cc2F)ncnc1OC1CCN(C(=O)OC(C)C)CC1. The number of sulfone groups is 1. The Hall–Kier alpha value is -3.48. The van der Waals surface area contributed by atoms with Crippen LogP contribution in [-0.2, 0) is 25.8 Å². The number of nitrogens with zero attached hydrogens (tertiary/aromatic N) is 4. The van der Waals surface area contributed by atoms with Gasteiger partial charge in [-0.1, -0.05) is 6.07 Å². The van der Waals surface area contributed by atoms with Crippen molar-refractivity contribution in [3.8, 4) is 17.5 Å². The predicted molar refractivity (Wildman–Crippen MR) is 143 cm³/mol. The molecule has 3 heterocycles. The Balaban J connectivity index is 1.37. The molecule has 1 unspecified atom stereocenters. The lowest BCUT2D eigenvalue weighted by Gasteiger charge is -2.31. The van der Waals surface area contributed by atoms with E-state index in [1.807, 2.05) is 0 Å². The molecule has 11 nitrogen and oxygen atoms in total. The second-order valence-electron chi connectivity index (χ2n) is 10.4. The second-order valence-corrected chi connectivity index (χ2v) is 12.6. The Morgan fingerprint density at radius 2 is 1.80 bits per heavy atom. The summed E-state index contributed by atoms with van der Waals surface area (Å²) in [5.74, 6) is -0.707. The molecular formula is C27H35FN4O7S. The topological polar surface area (TPSA) is 128 Å². The van der Waals surface area contributed by atoms with Crippen molar-refractivity contribution < 1.29 is 36.6 Å². The average Bonchev–Trinajstić information content (AvgIpc) is 3.39. The third kappa shape index (κ3) is 7.18. The Morgan fingerprint density at radius 1 is 1.10 bits per heavy atom. The molecule has 0 aliphatic carbocycles. The highest BCUT2D eigenvalue weighted by atomic mass is 32.2. The average molecular weight is 579 g/mol. The number of hydrogen-bond donors (Lipinski definition) is 0. The summed E-state index contributed by atoms with van der Waals surface area (Å²) < 4.78 is 56.0. The Bertz CT molecular complexity index is 1350. The molecule has 1 aromatic heterocycles. The zero-order valence-electron chi connectivity index (χ0n) is 23.1. The van der Waals surface area contributed by atoms with Crippen molar-refractivity contribution in [3.63, 3.8) is 0 Å². The molecule has 13 heteroatoms. The molecular weight excluding hydrogens is 543 g/mol. The quantitative estimate of drug-likeness (QED) is 0.461. The normalized spacial score (nSPS) is 18.2. The summed E-state index contributed by atoms with van der Waals surface area (Å²) in [6, 6.07) is 4.17. The molecule has 1 atom stereocenters. The van der Waals surface area contributed by atoms with Crippen molar-refractivity contribution in [2.75, 3.05) is 25.9 Å². The van der Waals surface area contributed by atoms with E-state index >= 15 is 0 Å². The predicted octanol–water partition coefficient (Wildman–Crippen LogP) is 3.64. The van der Waals surface area contributed by atoms with Crippen molar-refractivity contribution in [3.05, 3.63) is 41.5 Å². The molecule has 218 valence electrons. The molecule has 2 saturated heterocycles. The molecule has 0 saturated carbocycles. The van der Waals surface area contributed by atoms with Gasteiger partial charge in [0.25, 0.3) is 0 Å². The van der Waals surface area contributed by atoms with E-state index in [0.29, 0.717) is 62.3 Å². The van der Waals surface area contributed by atoms with Crippen LogP contribution in [-0.4, -0.2) is 83.7 Å². The summed E-state index contributed by atoms with van der Waals surface area (Å²) in [5.41, 5.74) is 0.893. The van der Waals surface area contributed by atoms with E-state index < -0.39 is 21.0 Å². The van der Waals surface area contributed by atoms with Crippen LogP contribution in [0.1, 0.15) is 50.7 Å². The zero-order chi connectivity index (χ0) is 29.0. The molecule has 0 spiro atoms. The van der Waals surface area contributed by atoms with Crippen LogP contribution in [0.5, 0.6) is 17.5 Å². The fraction of sp³-hybridized carbons (Fsp3) is 0.556. The summed E-state index contributed by atoms with van der Waals surface area (Å²) >= 11 is 0. The number of amides is 2. The summed E-state index contributed by atoms with van der Waals surface area (Å²) in [4.78, 5) is 36.2. The van der Waals surface area contributed by atoms with E-state index in [9.17, 15) is 22.4 Å². The minimum Gasteiger partial charge on any atom is -0.474 e. The van der Waals surface area contributed by atoms with Crippen LogP contribution in [0.15, 0.2) is 24.5 Å². The summed E-state index contributed by atoms with van der Waals surface area (Å²) in [7, 11) is -3.40. The molecule has 2 fully saturated rings. The van der Waals surface area contributed by atoms with Crippen LogP contribution in [0.4, 0.5) is 9.18 Å². The van der Waals surface area contributed by atoms with E-state index in [0.717, 1.165) is 6.26 Å². The monoisotopic (exact) mass is 578 g/mol. The summed E-state index contributed by atoms with van der Waals surface area (Å²) in [6.07, 6.45) is 3.79. The van der Waals surface area contributed by atoms with Gasteiger partial charge < -0.3 is 24.0 Å². The van der Waals surface area contributed by atoms with Crippen molar-refractivity contribution in [1.29, 1.82) is 0 Å². The summed E-state index contributed by atoms with van der Waals surface area (Å²) in [6.45, 7) is 6.67. The highest BCUT2D eigenvalue weighted by Crippen LogP contribution is 2.31. The van der Waals surface area contributed by atoms with Crippen LogP contribution < -0.4 is 9.47 Å². The van der Waals surface area contributed by atoms with Gasteiger partial charge in [-0.25, -0.2) is 27.6 Å². The third-order valence-corrected chi connectivity index (χ3v) is 8.36. The number of hydrogen-bond acceptors (Lipinski definition) is 9. The molecule has 2 amide bonds. The van der Waals surface area contributed by atoms with Crippen LogP contribution >= 0.6 is 0 Å². The van der Waals surface area contributed by atoms with E-state index in [4.69, 9.17) is 14.2 Å². The first-order valence-corrected chi connectivity index (χ1v) is 15.3. The number of ether oxygens (including phenoxy) is 3. The van der Waals surface area contributed by atoms with Gasteiger partial charge in [-0.15, -0.1) is 0 Å². The van der Waals surface area contributed by atoms with Crippen molar-refractivity contribution in [1.82, 2.24) is 19.8 Å². The molecule has 2 aliphatic rings. The lowest BCUT2D eigenvalue weighted by Crippen LogP contribution is -2.42. The van der Waals surface area contributed by atoms with Crippen molar-refractivity contribution in [2.24, 2.45) is 0 Å². The Labute approximate surface area is 233 Å². The van der Waals surface area contributed by atoms with Crippen LogP contribution in [0, 0.1) is 12.7 Å². The highest BCUT2D eigenvalue weighted by Gasteiger charge is 2.35. The smallest absolute Gasteiger partial charge is 0.410 e. The van der Waals surface area contributed by atoms with Gasteiger partial charge in [0.05, 0.1) is 18.1 Å². The fourth-order valence-corrected chi connectivity index (χ4v) is 6.09. The molecule has 0 N–H and O–H groups in total. The zero-order valence-corrected chi connectivity index (χ0v) is 23.9. The minimum absolute atomic E-state index is 0.0869. The summed E-state index contributed by atoms with van der Waals surface area (Å²) in [5, 5.41) is -0.835. The van der Waals surface area contributed by atoms with E-state index in [1.165, 1.54) is 23.4 Å². The van der Waals surface area contributed by atoms with E-state index in [1.54, 1.807) is 31.7 Å². The van der Waals surface area contributed by atoms with Gasteiger partial charge in [0.15, 0.2) is 21.4 Å². The minimum atomic E-state index is -3.40. The Morgan fingerprint density at radius 3 is 2.45 bits per heavy atom. The number of piperidine rings is 1. The molecule has 2 aromatic rings. The maximum atomic E-state index is 15.0. The second kappa shape index (κ2) is 12.4. The van der Waals surface area contributed by atoms with E-state index in [2.05, 4.69) is 9.97 Å². The maximum Gasteiger partial charge on any atom is 0.410 e. The van der Waals surface area contributed by atoms with Crippen LogP contribution in [0.3, 0.4) is 0 Å². The molecule has 0 radical (unpaired) electrons. The van der Waals surface area contributed by atoms with Gasteiger partial charge >= 0.3 is 6.09 Å². The number of benzene rings is 1. The first-order valence-electron chi connectivity index (χ1n) is 13.3. The molecule has 0 bridgehead atoms. The number of carbonyl (C=O) groups is 2. The maximum absolute atomic E-state index is 15.0. The van der Waals surface area contributed by atoms with Gasteiger partial charge in [0.1, 0.15) is 17.8 Å². The van der Waals surface area contributed by atoms with Crippen molar-refractivity contribution in [2.45, 2.75) is 70.5 Å². The highest BCUT2D eigenvalue weighted by molar-refractivity contribution is 7.91. The van der Waals surface area contributed by atoms with Gasteiger partial charge in [-0.2, -0.15) is 0 Å². The van der Waals surface area contributed by atoms with Gasteiger partial charge in [-0.05, 0) is 51.3 Å². The lowest BCUT2D eigenvalue weighted by atomic mass is 10.1. The number of likely N-dealkylation sites (tertiary alicyclic amines) is 2. The molecule has 1 aromatic carbocycles. The lowest BCUT2D eigenvalue weighted by molar-refractivity contribution is -0.130. The fourth-order valence-electron chi connectivity index (χ4n) is 4.81. The molecule has 40 heavy (non-hydrogen) atoms. The largest absolute Gasteiger partial charge is 0.474 e. The number of carbonyl (C=O) groups excluding carboxylic acids is 2. The van der Waals surface area contributed by atoms with Gasteiger partial charge in [0, 0.05) is 38.7 Å². The van der Waals surface area contributed by atoms with Gasteiger partial charge in [-0.3, -0.25) is 4.79 Å². The molecule has 2 aliphatic heterocycles. The first-order chi connectivity index (χ1) is 18.9. The van der Waals surface area contributed by atoms with Gasteiger partial charge in [0.2, 0.25) is 17.7 Å². The number of rotatable bonds is 8. The number of halogens is 1. The van der Waals surface area contributed by atoms with E-state index in [-0.39, 0.29) is 42.3 Å².